The Hall–Kier alpha value is -1.31. The molecule has 6 nitrogen and oxygen atoms in total. The van der Waals surface area contributed by atoms with Gasteiger partial charge in [0, 0.05) is 24.7 Å². The smallest absolute Gasteiger partial charge is 0.243 e. The van der Waals surface area contributed by atoms with Crippen molar-refractivity contribution in [3.05, 3.63) is 18.2 Å². The summed E-state index contributed by atoms with van der Waals surface area (Å²) in [4.78, 5) is 0.268. The first-order chi connectivity index (χ1) is 10.6. The van der Waals surface area contributed by atoms with Crippen molar-refractivity contribution in [1.82, 2.24) is 9.62 Å². The van der Waals surface area contributed by atoms with Crippen molar-refractivity contribution in [3.63, 3.8) is 0 Å². The Bertz CT molecular complexity index is 633. The largest absolute Gasteiger partial charge is 0.493 e. The molecule has 3 rings (SSSR count). The normalized spacial score (nSPS) is 25.7. The molecular weight excluding hydrogens is 304 g/mol. The quantitative estimate of drug-likeness (QED) is 0.901. The first-order valence-electron chi connectivity index (χ1n) is 7.54. The summed E-state index contributed by atoms with van der Waals surface area (Å²) in [7, 11) is -0.479. The maximum Gasteiger partial charge on any atom is 0.243 e. The van der Waals surface area contributed by atoms with Crippen LogP contribution in [0.4, 0.5) is 0 Å². The summed E-state index contributed by atoms with van der Waals surface area (Å²) >= 11 is 0. The van der Waals surface area contributed by atoms with Crippen LogP contribution >= 0.6 is 0 Å². The predicted octanol–water partition coefficient (Wildman–Crippen LogP) is 1.22. The van der Waals surface area contributed by atoms with E-state index in [2.05, 4.69) is 5.32 Å². The topological polar surface area (TPSA) is 67.9 Å². The molecule has 22 heavy (non-hydrogen) atoms. The van der Waals surface area contributed by atoms with E-state index in [1.165, 1.54) is 14.2 Å². The number of ether oxygens (including phenoxy) is 2. The van der Waals surface area contributed by atoms with E-state index in [9.17, 15) is 8.42 Å². The Morgan fingerprint density at radius 3 is 2.55 bits per heavy atom. The van der Waals surface area contributed by atoms with Gasteiger partial charge in [0.15, 0.2) is 11.5 Å². The number of benzene rings is 1. The molecule has 0 aliphatic carbocycles. The van der Waals surface area contributed by atoms with Gasteiger partial charge in [0.2, 0.25) is 10.0 Å². The van der Waals surface area contributed by atoms with Crippen LogP contribution in [0.3, 0.4) is 0 Å². The van der Waals surface area contributed by atoms with E-state index in [1.54, 1.807) is 22.5 Å². The summed E-state index contributed by atoms with van der Waals surface area (Å²) in [5, 5.41) is 3.32. The van der Waals surface area contributed by atoms with Crippen LogP contribution < -0.4 is 14.8 Å². The lowest BCUT2D eigenvalue weighted by Gasteiger charge is -2.27. The third-order valence-corrected chi connectivity index (χ3v) is 6.52. The third-order valence-electron chi connectivity index (χ3n) is 4.52. The molecule has 2 aliphatic heterocycles. The minimum atomic E-state index is -3.52. The zero-order valence-electron chi connectivity index (χ0n) is 12.9. The molecule has 2 atom stereocenters. The summed E-state index contributed by atoms with van der Waals surface area (Å²) < 4.78 is 38.3. The van der Waals surface area contributed by atoms with Crippen LogP contribution in [-0.4, -0.2) is 52.1 Å². The summed E-state index contributed by atoms with van der Waals surface area (Å²) in [5.74, 6) is 0.964. The number of rotatable bonds is 4. The minimum Gasteiger partial charge on any atom is -0.493 e. The van der Waals surface area contributed by atoms with Gasteiger partial charge < -0.3 is 14.8 Å². The van der Waals surface area contributed by atoms with Crippen LogP contribution in [0.15, 0.2) is 23.1 Å². The average Bonchev–Trinajstić information content (AvgIpc) is 2.80. The number of methoxy groups -OCH3 is 2. The van der Waals surface area contributed by atoms with Crippen LogP contribution in [0.2, 0.25) is 0 Å². The van der Waals surface area contributed by atoms with Crippen molar-refractivity contribution in [1.29, 1.82) is 0 Å². The summed E-state index contributed by atoms with van der Waals surface area (Å²) in [6, 6.07) is 4.92. The molecule has 2 saturated heterocycles. The molecule has 1 aromatic carbocycles. The molecule has 0 amide bonds. The Morgan fingerprint density at radius 2 is 1.82 bits per heavy atom. The molecule has 1 aromatic rings. The molecule has 1 N–H and O–H groups in total. The molecule has 2 unspecified atom stereocenters. The number of hydrogen-bond acceptors (Lipinski definition) is 5. The van der Waals surface area contributed by atoms with Gasteiger partial charge in [-0.3, -0.25) is 0 Å². The molecule has 2 bridgehead atoms. The molecule has 2 fully saturated rings. The van der Waals surface area contributed by atoms with E-state index in [1.807, 2.05) is 0 Å². The highest BCUT2D eigenvalue weighted by Gasteiger charge is 2.43. The van der Waals surface area contributed by atoms with Crippen molar-refractivity contribution in [3.8, 4) is 11.5 Å². The van der Waals surface area contributed by atoms with Crippen molar-refractivity contribution in [2.24, 2.45) is 0 Å². The van der Waals surface area contributed by atoms with E-state index in [-0.39, 0.29) is 17.0 Å². The summed E-state index contributed by atoms with van der Waals surface area (Å²) in [6.07, 6.45) is 2.73. The minimum absolute atomic E-state index is 0.0468. The molecule has 0 aromatic heterocycles. The van der Waals surface area contributed by atoms with Gasteiger partial charge in [-0.15, -0.1) is 0 Å². The van der Waals surface area contributed by atoms with E-state index in [4.69, 9.17) is 9.47 Å². The third kappa shape index (κ3) is 2.57. The predicted molar refractivity (Wildman–Crippen MR) is 82.9 cm³/mol. The van der Waals surface area contributed by atoms with Gasteiger partial charge in [-0.2, -0.15) is 4.31 Å². The van der Waals surface area contributed by atoms with Gasteiger partial charge in [-0.1, -0.05) is 0 Å². The highest BCUT2D eigenvalue weighted by atomic mass is 32.2. The second-order valence-electron chi connectivity index (χ2n) is 5.73. The van der Waals surface area contributed by atoms with Gasteiger partial charge in [-0.25, -0.2) is 8.42 Å². The second-order valence-corrected chi connectivity index (χ2v) is 7.57. The molecular formula is C15H22N2O4S. The fourth-order valence-corrected chi connectivity index (χ4v) is 5.34. The zero-order chi connectivity index (χ0) is 15.7. The molecule has 0 radical (unpaired) electrons. The molecule has 122 valence electrons. The SMILES string of the molecule is COc1ccc(S(=O)(=O)N2C3CCNCC2CC3)cc1OC. The molecule has 7 heteroatoms. The van der Waals surface area contributed by atoms with Crippen LogP contribution in [0.1, 0.15) is 19.3 Å². The Kier molecular flexibility index (Phi) is 4.29. The average molecular weight is 326 g/mol. The number of hydrogen-bond donors (Lipinski definition) is 1. The molecule has 2 aliphatic rings. The van der Waals surface area contributed by atoms with Gasteiger partial charge in [0.25, 0.3) is 0 Å². The standard InChI is InChI=1S/C15H22N2O4S/c1-20-14-6-5-13(9-15(14)21-2)22(18,19)17-11-3-4-12(17)10-16-8-7-11/h5-6,9,11-12,16H,3-4,7-8,10H2,1-2H3. The lowest BCUT2D eigenvalue weighted by atomic mass is 10.1. The Morgan fingerprint density at radius 1 is 1.09 bits per heavy atom. The van der Waals surface area contributed by atoms with Crippen LogP contribution in [0.25, 0.3) is 0 Å². The van der Waals surface area contributed by atoms with E-state index < -0.39 is 10.0 Å². The van der Waals surface area contributed by atoms with Gasteiger partial charge >= 0.3 is 0 Å². The van der Waals surface area contributed by atoms with Crippen molar-refractivity contribution in [2.75, 3.05) is 27.3 Å². The van der Waals surface area contributed by atoms with E-state index >= 15 is 0 Å². The first-order valence-corrected chi connectivity index (χ1v) is 8.98. The van der Waals surface area contributed by atoms with Gasteiger partial charge in [0.1, 0.15) is 0 Å². The number of nitrogens with one attached hydrogen (secondary N) is 1. The maximum absolute atomic E-state index is 13.1. The number of fused-ring (bicyclic) bond motifs is 2. The van der Waals surface area contributed by atoms with Crippen molar-refractivity contribution in [2.45, 2.75) is 36.2 Å². The first kappa shape index (κ1) is 15.6. The Balaban J connectivity index is 1.99. The highest BCUT2D eigenvalue weighted by molar-refractivity contribution is 7.89. The van der Waals surface area contributed by atoms with Crippen LogP contribution in [-0.2, 0) is 10.0 Å². The lowest BCUT2D eigenvalue weighted by molar-refractivity contribution is 0.333. The summed E-state index contributed by atoms with van der Waals surface area (Å²) in [6.45, 7) is 1.60. The number of sulfonamides is 1. The molecule has 0 spiro atoms. The zero-order valence-corrected chi connectivity index (χ0v) is 13.7. The van der Waals surface area contributed by atoms with Gasteiger partial charge in [0.05, 0.1) is 19.1 Å². The highest BCUT2D eigenvalue weighted by Crippen LogP contribution is 2.36. The fraction of sp³-hybridized carbons (Fsp3) is 0.600. The Labute approximate surface area is 131 Å². The monoisotopic (exact) mass is 326 g/mol. The van der Waals surface area contributed by atoms with E-state index in [0.717, 1.165) is 32.4 Å². The second kappa shape index (κ2) is 6.06. The van der Waals surface area contributed by atoms with Crippen molar-refractivity contribution >= 4 is 10.0 Å². The number of nitrogens with zero attached hydrogens (tertiary/aromatic N) is 1. The molecule has 2 heterocycles. The maximum atomic E-state index is 13.1. The fourth-order valence-electron chi connectivity index (χ4n) is 3.43. The van der Waals surface area contributed by atoms with Crippen LogP contribution in [0.5, 0.6) is 11.5 Å². The van der Waals surface area contributed by atoms with Crippen molar-refractivity contribution < 1.29 is 17.9 Å². The molecule has 0 saturated carbocycles. The van der Waals surface area contributed by atoms with E-state index in [0.29, 0.717) is 11.5 Å². The van der Waals surface area contributed by atoms with Gasteiger partial charge in [-0.05, 0) is 37.9 Å². The summed E-state index contributed by atoms with van der Waals surface area (Å²) in [5.41, 5.74) is 0. The van der Waals surface area contributed by atoms with Crippen LogP contribution in [0, 0.1) is 0 Å². The lowest BCUT2D eigenvalue weighted by Crippen LogP contribution is -2.42.